The van der Waals surface area contributed by atoms with E-state index in [4.69, 9.17) is 33.7 Å². The van der Waals surface area contributed by atoms with Gasteiger partial charge >= 0.3 is 0 Å². The Bertz CT molecular complexity index is 1280. The van der Waals surface area contributed by atoms with Crippen LogP contribution in [0, 0.1) is 11.7 Å². The number of carbonyl (C=O) groups excluding carboxylic acids is 1. The van der Waals surface area contributed by atoms with Gasteiger partial charge in [-0.3, -0.25) is 9.48 Å². The SMILES string of the molecule is C[C@@H](Oc1nc(-c2cnn(C3CCCC(CC(=O)CN(C)C)CC3)c2)cnc1N)c1c(Cl)ccc(F)c1Cl. The number of benzene rings is 1. The van der Waals surface area contributed by atoms with Crippen LogP contribution in [-0.2, 0) is 4.79 Å². The average Bonchev–Trinajstić information content (AvgIpc) is 3.23. The number of hydrogen-bond acceptors (Lipinski definition) is 7. The van der Waals surface area contributed by atoms with Crippen LogP contribution in [0.25, 0.3) is 11.3 Å². The maximum absolute atomic E-state index is 14.0. The van der Waals surface area contributed by atoms with E-state index < -0.39 is 11.9 Å². The van der Waals surface area contributed by atoms with E-state index >= 15 is 0 Å². The highest BCUT2D eigenvalue weighted by Crippen LogP contribution is 2.36. The molecule has 2 N–H and O–H groups in total. The number of hydrogen-bond donors (Lipinski definition) is 1. The molecular formula is C27H33Cl2FN6O2. The number of likely N-dealkylation sites (N-methyl/N-ethyl adjacent to an activating group) is 1. The number of ketones is 1. The van der Waals surface area contributed by atoms with Crippen LogP contribution in [0.1, 0.15) is 63.2 Å². The quantitative estimate of drug-likeness (QED) is 0.246. The van der Waals surface area contributed by atoms with Gasteiger partial charge in [0.1, 0.15) is 17.7 Å². The van der Waals surface area contributed by atoms with E-state index in [0.29, 0.717) is 35.9 Å². The van der Waals surface area contributed by atoms with E-state index in [1.54, 1.807) is 19.3 Å². The molecule has 4 rings (SSSR count). The van der Waals surface area contributed by atoms with Gasteiger partial charge in [0.2, 0.25) is 0 Å². The molecular weight excluding hydrogens is 530 g/mol. The number of nitrogens with zero attached hydrogens (tertiary/aromatic N) is 5. The molecule has 38 heavy (non-hydrogen) atoms. The van der Waals surface area contributed by atoms with Crippen LogP contribution in [0.4, 0.5) is 10.2 Å². The molecule has 8 nitrogen and oxygen atoms in total. The molecule has 204 valence electrons. The van der Waals surface area contributed by atoms with E-state index in [9.17, 15) is 9.18 Å². The second kappa shape index (κ2) is 12.4. The molecule has 11 heteroatoms. The van der Waals surface area contributed by atoms with Gasteiger partial charge < -0.3 is 15.4 Å². The number of nitrogen functional groups attached to an aromatic ring is 1. The molecule has 0 saturated heterocycles. The Hall–Kier alpha value is -2.75. The molecule has 2 heterocycles. The van der Waals surface area contributed by atoms with Gasteiger partial charge in [0.05, 0.1) is 35.7 Å². The van der Waals surface area contributed by atoms with Gasteiger partial charge in [0.25, 0.3) is 5.88 Å². The number of halogens is 3. The van der Waals surface area contributed by atoms with Gasteiger partial charge in [-0.2, -0.15) is 5.10 Å². The minimum Gasteiger partial charge on any atom is -0.467 e. The summed E-state index contributed by atoms with van der Waals surface area (Å²) in [5.41, 5.74) is 7.66. The Morgan fingerprint density at radius 1 is 1.24 bits per heavy atom. The average molecular weight is 564 g/mol. The van der Waals surface area contributed by atoms with E-state index in [1.807, 2.05) is 29.9 Å². The van der Waals surface area contributed by atoms with Crippen molar-refractivity contribution in [3.63, 3.8) is 0 Å². The number of ether oxygens (including phenoxy) is 1. The third-order valence-corrected chi connectivity index (χ3v) is 7.59. The fourth-order valence-corrected chi connectivity index (χ4v) is 5.66. The molecule has 1 aromatic carbocycles. The standard InChI is InChI=1S/C27H33Cl2FN6O2/c1-16(24-21(28)9-10-22(30)25(24)29)38-27-26(31)32-13-23(34-27)18-12-33-36(14-18)19-6-4-5-17(7-8-19)11-20(37)15-35(2)3/h9-10,12-14,16-17,19H,4-8,11,15H2,1-3H3,(H2,31,32)/t16-,17?,19?/m1/s1. The Kier molecular flexibility index (Phi) is 9.23. The molecule has 0 aliphatic heterocycles. The first-order valence-electron chi connectivity index (χ1n) is 12.8. The van der Waals surface area contributed by atoms with Crippen molar-refractivity contribution in [2.45, 2.75) is 57.6 Å². The highest BCUT2D eigenvalue weighted by molar-refractivity contribution is 6.36. The van der Waals surface area contributed by atoms with Crippen LogP contribution >= 0.6 is 23.2 Å². The number of aromatic nitrogens is 4. The van der Waals surface area contributed by atoms with Crippen LogP contribution in [0.5, 0.6) is 5.88 Å². The molecule has 1 aliphatic rings. The Labute approximate surface area is 232 Å². The monoisotopic (exact) mass is 562 g/mol. The lowest BCUT2D eigenvalue weighted by molar-refractivity contribution is -0.120. The zero-order chi connectivity index (χ0) is 27.4. The van der Waals surface area contributed by atoms with Gasteiger partial charge in [-0.25, -0.2) is 14.4 Å². The lowest BCUT2D eigenvalue weighted by Gasteiger charge is -2.18. The van der Waals surface area contributed by atoms with Crippen molar-refractivity contribution in [1.82, 2.24) is 24.6 Å². The predicted octanol–water partition coefficient (Wildman–Crippen LogP) is 6.15. The molecule has 0 amide bonds. The summed E-state index contributed by atoms with van der Waals surface area (Å²) in [4.78, 5) is 23.0. The second-order valence-electron chi connectivity index (χ2n) is 10.2. The zero-order valence-electron chi connectivity index (χ0n) is 21.8. The highest BCUT2D eigenvalue weighted by atomic mass is 35.5. The van der Waals surface area contributed by atoms with Crippen molar-refractivity contribution in [1.29, 1.82) is 0 Å². The first kappa shape index (κ1) is 28.3. The maximum atomic E-state index is 14.0. The molecule has 2 unspecified atom stereocenters. The molecule has 1 fully saturated rings. The summed E-state index contributed by atoms with van der Waals surface area (Å²) in [5.74, 6) is 0.323. The van der Waals surface area contributed by atoms with Crippen molar-refractivity contribution in [3.8, 4) is 17.1 Å². The highest BCUT2D eigenvalue weighted by Gasteiger charge is 2.24. The normalized spacial score (nSPS) is 18.8. The van der Waals surface area contributed by atoms with Crippen LogP contribution in [0.15, 0.2) is 30.7 Å². The fourth-order valence-electron chi connectivity index (χ4n) is 4.99. The third-order valence-electron chi connectivity index (χ3n) is 6.88. The summed E-state index contributed by atoms with van der Waals surface area (Å²) in [6.07, 6.45) is 10.3. The summed E-state index contributed by atoms with van der Waals surface area (Å²) in [5, 5.41) is 4.77. The smallest absolute Gasteiger partial charge is 0.258 e. The zero-order valence-corrected chi connectivity index (χ0v) is 23.3. The largest absolute Gasteiger partial charge is 0.467 e. The van der Waals surface area contributed by atoms with Crippen LogP contribution in [0.3, 0.4) is 0 Å². The Morgan fingerprint density at radius 2 is 2.03 bits per heavy atom. The van der Waals surface area contributed by atoms with Crippen molar-refractivity contribution in [2.24, 2.45) is 5.92 Å². The van der Waals surface area contributed by atoms with Crippen molar-refractivity contribution < 1.29 is 13.9 Å². The van der Waals surface area contributed by atoms with E-state index in [-0.39, 0.29) is 27.8 Å². The third kappa shape index (κ3) is 6.81. The summed E-state index contributed by atoms with van der Waals surface area (Å²) < 4.78 is 21.9. The summed E-state index contributed by atoms with van der Waals surface area (Å²) >= 11 is 12.4. The van der Waals surface area contributed by atoms with Crippen LogP contribution < -0.4 is 10.5 Å². The topological polar surface area (TPSA) is 99.2 Å². The summed E-state index contributed by atoms with van der Waals surface area (Å²) in [6, 6.07) is 2.88. The second-order valence-corrected chi connectivity index (χ2v) is 11.0. The molecule has 2 aromatic heterocycles. The summed E-state index contributed by atoms with van der Waals surface area (Å²) in [7, 11) is 3.85. The van der Waals surface area contributed by atoms with Gasteiger partial charge in [-0.15, -0.1) is 0 Å². The molecule has 0 spiro atoms. The maximum Gasteiger partial charge on any atom is 0.258 e. The molecule has 3 aromatic rings. The van der Waals surface area contributed by atoms with Gasteiger partial charge in [0, 0.05) is 28.8 Å². The minimum atomic E-state index is -0.719. The number of nitrogens with two attached hydrogens (primary N) is 1. The van der Waals surface area contributed by atoms with E-state index in [0.717, 1.165) is 37.7 Å². The van der Waals surface area contributed by atoms with E-state index in [1.165, 1.54) is 12.1 Å². The molecule has 0 bridgehead atoms. The number of carbonyl (C=O) groups is 1. The fraction of sp³-hybridized carbons (Fsp3) is 0.481. The van der Waals surface area contributed by atoms with Gasteiger partial charge in [-0.1, -0.05) is 29.6 Å². The van der Waals surface area contributed by atoms with Crippen LogP contribution in [0.2, 0.25) is 10.0 Å². The molecule has 1 saturated carbocycles. The summed E-state index contributed by atoms with van der Waals surface area (Å²) in [6.45, 7) is 2.18. The van der Waals surface area contributed by atoms with Crippen molar-refractivity contribution in [3.05, 3.63) is 52.1 Å². The molecule has 1 aliphatic carbocycles. The van der Waals surface area contributed by atoms with E-state index in [2.05, 4.69) is 15.1 Å². The predicted molar refractivity (Wildman–Crippen MR) is 147 cm³/mol. The number of rotatable bonds is 9. The Balaban J connectivity index is 1.45. The first-order valence-corrected chi connectivity index (χ1v) is 13.5. The Morgan fingerprint density at radius 3 is 2.79 bits per heavy atom. The first-order chi connectivity index (χ1) is 18.1. The number of Topliss-reactive ketones (excluding diaryl/α,β-unsaturated/α-hetero) is 1. The lowest BCUT2D eigenvalue weighted by Crippen LogP contribution is -2.23. The van der Waals surface area contributed by atoms with Crippen molar-refractivity contribution in [2.75, 3.05) is 26.4 Å². The van der Waals surface area contributed by atoms with Crippen molar-refractivity contribution >= 4 is 34.8 Å². The van der Waals surface area contributed by atoms with Gasteiger partial charge in [0.15, 0.2) is 5.82 Å². The number of anilines is 1. The molecule has 3 atom stereocenters. The van der Waals surface area contributed by atoms with Gasteiger partial charge in [-0.05, 0) is 64.8 Å². The molecule has 0 radical (unpaired) electrons. The van der Waals surface area contributed by atoms with Crippen LogP contribution in [-0.4, -0.2) is 51.1 Å². The lowest BCUT2D eigenvalue weighted by atomic mass is 9.94. The minimum absolute atomic E-state index is 0.0928.